The van der Waals surface area contributed by atoms with Crippen molar-refractivity contribution in [3.05, 3.63) is 41.7 Å². The van der Waals surface area contributed by atoms with Crippen LogP contribution in [-0.2, 0) is 11.3 Å². The Labute approximate surface area is 160 Å². The largest absolute Gasteiger partial charge is 0.341 e. The summed E-state index contributed by atoms with van der Waals surface area (Å²) in [6.07, 6.45) is 7.13. The predicted molar refractivity (Wildman–Crippen MR) is 102 cm³/mol. The maximum Gasteiger partial charge on any atom is 0.240 e. The van der Waals surface area contributed by atoms with E-state index >= 15 is 0 Å². The summed E-state index contributed by atoms with van der Waals surface area (Å²) in [7, 11) is 0. The second-order valence-electron chi connectivity index (χ2n) is 7.85. The summed E-state index contributed by atoms with van der Waals surface area (Å²) in [4.78, 5) is 17.7. The Kier molecular flexibility index (Phi) is 5.48. The predicted octanol–water partition coefficient (Wildman–Crippen LogP) is 2.20. The summed E-state index contributed by atoms with van der Waals surface area (Å²) in [6.45, 7) is 5.46. The molecule has 0 bridgehead atoms. The Hall–Kier alpha value is -2.28. The molecule has 2 fully saturated rings. The molecular formula is C20H28N6O. The molecule has 0 unspecified atom stereocenters. The van der Waals surface area contributed by atoms with Crippen molar-refractivity contribution in [1.82, 2.24) is 30.0 Å². The minimum Gasteiger partial charge on any atom is -0.341 e. The first kappa shape index (κ1) is 18.1. The van der Waals surface area contributed by atoms with Crippen LogP contribution in [0, 0.1) is 6.92 Å². The third kappa shape index (κ3) is 4.18. The number of rotatable bonds is 4. The molecule has 1 amide bonds. The molecule has 1 aromatic carbocycles. The van der Waals surface area contributed by atoms with Crippen LogP contribution in [-0.4, -0.2) is 61.6 Å². The Balaban J connectivity index is 1.53. The number of tetrazole rings is 1. The molecule has 3 heterocycles. The monoisotopic (exact) mass is 368 g/mol. The third-order valence-corrected chi connectivity index (χ3v) is 5.83. The molecule has 0 saturated carbocycles. The summed E-state index contributed by atoms with van der Waals surface area (Å²) < 4.78 is 1.80. The van der Waals surface area contributed by atoms with E-state index in [1.165, 1.54) is 24.0 Å². The first-order chi connectivity index (χ1) is 13.2. The van der Waals surface area contributed by atoms with Crippen molar-refractivity contribution in [3.63, 3.8) is 0 Å². The second-order valence-corrected chi connectivity index (χ2v) is 7.85. The van der Waals surface area contributed by atoms with Gasteiger partial charge in [-0.15, -0.1) is 5.10 Å². The van der Waals surface area contributed by atoms with E-state index < -0.39 is 0 Å². The maximum absolute atomic E-state index is 13.3. The Morgan fingerprint density at radius 1 is 1.11 bits per heavy atom. The molecule has 0 N–H and O–H groups in total. The quantitative estimate of drug-likeness (QED) is 0.828. The first-order valence-electron chi connectivity index (χ1n) is 10.0. The van der Waals surface area contributed by atoms with Crippen LogP contribution in [0.1, 0.15) is 49.3 Å². The van der Waals surface area contributed by atoms with Gasteiger partial charge in [-0.25, -0.2) is 4.68 Å². The molecule has 1 aromatic heterocycles. The normalized spacial score (nSPS) is 24.1. The van der Waals surface area contributed by atoms with Gasteiger partial charge < -0.3 is 4.90 Å². The van der Waals surface area contributed by atoms with E-state index in [1.54, 1.807) is 11.0 Å². The molecule has 0 spiro atoms. The zero-order chi connectivity index (χ0) is 18.6. The molecule has 144 valence electrons. The van der Waals surface area contributed by atoms with Crippen LogP contribution >= 0.6 is 0 Å². The van der Waals surface area contributed by atoms with Crippen LogP contribution in [0.25, 0.3) is 0 Å². The van der Waals surface area contributed by atoms with Crippen LogP contribution in [0.3, 0.4) is 0 Å². The SMILES string of the molecule is Cc1ccc(CN2C[C@H](n3cnnn3)C[C@H]2C(=O)N2CCCCCC2)cc1. The molecule has 7 nitrogen and oxygen atoms in total. The van der Waals surface area contributed by atoms with Crippen LogP contribution in [0.5, 0.6) is 0 Å². The van der Waals surface area contributed by atoms with E-state index in [0.29, 0.717) is 0 Å². The lowest BCUT2D eigenvalue weighted by molar-refractivity contribution is -0.136. The average Bonchev–Trinajstić information content (AvgIpc) is 3.27. The van der Waals surface area contributed by atoms with Gasteiger partial charge in [-0.05, 0) is 42.2 Å². The number of carbonyl (C=O) groups is 1. The van der Waals surface area contributed by atoms with E-state index in [4.69, 9.17) is 0 Å². The molecule has 0 radical (unpaired) electrons. The Bertz CT molecular complexity index is 736. The number of nitrogens with zero attached hydrogens (tertiary/aromatic N) is 6. The number of carbonyl (C=O) groups excluding carboxylic acids is 1. The number of hydrogen-bond acceptors (Lipinski definition) is 5. The highest BCUT2D eigenvalue weighted by atomic mass is 16.2. The summed E-state index contributed by atoms with van der Waals surface area (Å²) >= 11 is 0. The molecular weight excluding hydrogens is 340 g/mol. The number of amides is 1. The maximum atomic E-state index is 13.3. The van der Waals surface area contributed by atoms with Gasteiger partial charge in [0.1, 0.15) is 6.33 Å². The van der Waals surface area contributed by atoms with Crippen LogP contribution < -0.4 is 0 Å². The Morgan fingerprint density at radius 3 is 2.52 bits per heavy atom. The van der Waals surface area contributed by atoms with E-state index in [2.05, 4.69) is 56.5 Å². The summed E-state index contributed by atoms with van der Waals surface area (Å²) in [5.74, 6) is 0.277. The van der Waals surface area contributed by atoms with Gasteiger partial charge in [0.15, 0.2) is 0 Å². The number of likely N-dealkylation sites (tertiary alicyclic amines) is 2. The van der Waals surface area contributed by atoms with Gasteiger partial charge in [0.25, 0.3) is 0 Å². The molecule has 27 heavy (non-hydrogen) atoms. The van der Waals surface area contributed by atoms with Crippen molar-refractivity contribution in [3.8, 4) is 0 Å². The lowest BCUT2D eigenvalue weighted by atomic mass is 10.1. The highest BCUT2D eigenvalue weighted by Crippen LogP contribution is 2.30. The van der Waals surface area contributed by atoms with Gasteiger partial charge >= 0.3 is 0 Å². The fourth-order valence-electron chi connectivity index (χ4n) is 4.27. The van der Waals surface area contributed by atoms with Crippen LogP contribution in [0.2, 0.25) is 0 Å². The van der Waals surface area contributed by atoms with E-state index in [1.807, 2.05) is 0 Å². The van der Waals surface area contributed by atoms with Gasteiger partial charge in [-0.3, -0.25) is 9.69 Å². The van der Waals surface area contributed by atoms with Crippen molar-refractivity contribution < 1.29 is 4.79 Å². The zero-order valence-electron chi connectivity index (χ0n) is 16.0. The minimum atomic E-state index is -0.0985. The van der Waals surface area contributed by atoms with Gasteiger partial charge in [0.2, 0.25) is 5.91 Å². The molecule has 7 heteroatoms. The smallest absolute Gasteiger partial charge is 0.240 e. The van der Waals surface area contributed by atoms with Crippen molar-refractivity contribution in [2.45, 2.75) is 57.7 Å². The number of aryl methyl sites for hydroxylation is 1. The topological polar surface area (TPSA) is 67.2 Å². The van der Waals surface area contributed by atoms with E-state index in [-0.39, 0.29) is 18.0 Å². The van der Waals surface area contributed by atoms with Gasteiger partial charge in [0, 0.05) is 26.2 Å². The standard InChI is InChI=1S/C20H28N6O/c1-16-6-8-17(9-7-16)13-25-14-18(26-15-21-22-23-26)12-19(25)20(27)24-10-4-2-3-5-11-24/h6-9,15,18-19H,2-5,10-14H2,1H3/t18-,19+/m1/s1. The van der Waals surface area contributed by atoms with Gasteiger partial charge in [-0.1, -0.05) is 42.7 Å². The van der Waals surface area contributed by atoms with Crippen LogP contribution in [0.4, 0.5) is 0 Å². The highest BCUT2D eigenvalue weighted by Gasteiger charge is 2.40. The zero-order valence-corrected chi connectivity index (χ0v) is 16.0. The van der Waals surface area contributed by atoms with Crippen molar-refractivity contribution in [2.24, 2.45) is 0 Å². The lowest BCUT2D eigenvalue weighted by Crippen LogP contribution is -2.45. The fraction of sp³-hybridized carbons (Fsp3) is 0.600. The molecule has 4 rings (SSSR count). The van der Waals surface area contributed by atoms with Crippen molar-refractivity contribution >= 4 is 5.91 Å². The fourth-order valence-corrected chi connectivity index (χ4v) is 4.27. The highest BCUT2D eigenvalue weighted by molar-refractivity contribution is 5.82. The molecule has 2 saturated heterocycles. The molecule has 2 aliphatic heterocycles. The minimum absolute atomic E-state index is 0.0985. The average molecular weight is 368 g/mol. The number of hydrogen-bond donors (Lipinski definition) is 0. The molecule has 2 atom stereocenters. The Morgan fingerprint density at radius 2 is 1.85 bits per heavy atom. The van der Waals surface area contributed by atoms with Crippen molar-refractivity contribution in [2.75, 3.05) is 19.6 Å². The summed E-state index contributed by atoms with van der Waals surface area (Å²) in [6, 6.07) is 8.64. The van der Waals surface area contributed by atoms with E-state index in [9.17, 15) is 4.79 Å². The third-order valence-electron chi connectivity index (χ3n) is 5.83. The number of benzene rings is 1. The van der Waals surface area contributed by atoms with Gasteiger partial charge in [-0.2, -0.15) is 0 Å². The summed E-state index contributed by atoms with van der Waals surface area (Å²) in [5.41, 5.74) is 2.50. The second kappa shape index (κ2) is 8.17. The first-order valence-corrected chi connectivity index (χ1v) is 10.0. The number of aromatic nitrogens is 4. The van der Waals surface area contributed by atoms with Gasteiger partial charge in [0.05, 0.1) is 12.1 Å². The summed E-state index contributed by atoms with van der Waals surface area (Å²) in [5, 5.41) is 11.6. The molecule has 0 aliphatic carbocycles. The lowest BCUT2D eigenvalue weighted by Gasteiger charge is -2.29. The van der Waals surface area contributed by atoms with Crippen LogP contribution in [0.15, 0.2) is 30.6 Å². The van der Waals surface area contributed by atoms with Crippen molar-refractivity contribution in [1.29, 1.82) is 0 Å². The molecule has 2 aliphatic rings. The molecule has 2 aromatic rings. The van der Waals surface area contributed by atoms with E-state index in [0.717, 1.165) is 45.4 Å².